The summed E-state index contributed by atoms with van der Waals surface area (Å²) in [7, 11) is 2.26. The lowest BCUT2D eigenvalue weighted by Crippen LogP contribution is -2.43. The highest BCUT2D eigenvalue weighted by Crippen LogP contribution is 2.35. The molecule has 1 aromatic carbocycles. The summed E-state index contributed by atoms with van der Waals surface area (Å²) in [6.45, 7) is 0. The van der Waals surface area contributed by atoms with Gasteiger partial charge in [0.25, 0.3) is 0 Å². The van der Waals surface area contributed by atoms with E-state index in [-0.39, 0.29) is 0 Å². The van der Waals surface area contributed by atoms with Crippen molar-refractivity contribution in [1.82, 2.24) is 14.9 Å². The highest BCUT2D eigenvalue weighted by atomic mass is 16.5. The van der Waals surface area contributed by atoms with E-state index in [1.807, 2.05) is 18.5 Å². The van der Waals surface area contributed by atoms with Crippen LogP contribution in [0, 0.1) is 0 Å². The maximum Gasteiger partial charge on any atom is 0.328 e. The molecule has 5 rings (SSSR count). The van der Waals surface area contributed by atoms with E-state index in [0.29, 0.717) is 30.3 Å². The largest absolute Gasteiger partial charge is 0.478 e. The van der Waals surface area contributed by atoms with Crippen LogP contribution >= 0.6 is 0 Å². The number of carbonyl (C=O) groups is 2. The van der Waals surface area contributed by atoms with Crippen molar-refractivity contribution in [3.8, 4) is 17.0 Å². The fourth-order valence-electron chi connectivity index (χ4n) is 4.62. The molecule has 1 unspecified atom stereocenters. The molecule has 2 fully saturated rings. The van der Waals surface area contributed by atoms with Crippen molar-refractivity contribution in [2.24, 2.45) is 0 Å². The number of hydrogen-bond donors (Lipinski definition) is 3. The Kier molecular flexibility index (Phi) is 6.74. The second kappa shape index (κ2) is 9.87. The average molecular weight is 450 g/mol. The summed E-state index contributed by atoms with van der Waals surface area (Å²) in [5.74, 6) is -1.76. The van der Waals surface area contributed by atoms with Crippen LogP contribution in [0.5, 0.6) is 5.88 Å². The molecule has 2 aromatic heterocycles. The number of aromatic nitrogens is 2. The first-order valence-corrected chi connectivity index (χ1v) is 10.9. The van der Waals surface area contributed by atoms with Gasteiger partial charge in [0.2, 0.25) is 5.88 Å². The lowest BCUT2D eigenvalue weighted by Gasteiger charge is -2.36. The molecule has 0 saturated carbocycles. The first-order valence-electron chi connectivity index (χ1n) is 10.9. The Balaban J connectivity index is 0.000000281. The van der Waals surface area contributed by atoms with Gasteiger partial charge >= 0.3 is 11.9 Å². The molecule has 2 aliphatic rings. The van der Waals surface area contributed by atoms with E-state index in [4.69, 9.17) is 14.9 Å². The number of nitrogens with zero attached hydrogens (tertiary/aromatic N) is 2. The van der Waals surface area contributed by atoms with Crippen LogP contribution < -0.4 is 4.74 Å². The van der Waals surface area contributed by atoms with Gasteiger partial charge in [0.15, 0.2) is 0 Å². The Hall–Kier alpha value is -3.65. The molecule has 3 atom stereocenters. The number of carboxylic acid groups (broad SMARTS) is 2. The molecule has 8 nitrogen and oxygen atoms in total. The number of hydrogen-bond acceptors (Lipinski definition) is 5. The number of benzene rings is 1. The van der Waals surface area contributed by atoms with Crippen LogP contribution in [0.4, 0.5) is 0 Å². The van der Waals surface area contributed by atoms with E-state index in [1.54, 1.807) is 0 Å². The van der Waals surface area contributed by atoms with Gasteiger partial charge in [0, 0.05) is 53.8 Å². The van der Waals surface area contributed by atoms with E-state index in [2.05, 4.69) is 52.2 Å². The zero-order valence-corrected chi connectivity index (χ0v) is 18.3. The fourth-order valence-corrected chi connectivity index (χ4v) is 4.62. The highest BCUT2D eigenvalue weighted by molar-refractivity contribution is 5.89. The van der Waals surface area contributed by atoms with Crippen LogP contribution in [0.15, 0.2) is 60.9 Å². The van der Waals surface area contributed by atoms with Crippen molar-refractivity contribution in [3.63, 3.8) is 0 Å². The Morgan fingerprint density at radius 2 is 1.70 bits per heavy atom. The maximum atomic E-state index is 9.55. The summed E-state index contributed by atoms with van der Waals surface area (Å²) in [4.78, 5) is 29.4. The van der Waals surface area contributed by atoms with Crippen molar-refractivity contribution in [3.05, 3.63) is 60.9 Å². The van der Waals surface area contributed by atoms with Crippen LogP contribution in [-0.2, 0) is 9.59 Å². The number of ether oxygens (including phenoxy) is 1. The topological polar surface area (TPSA) is 116 Å². The third-order valence-electron chi connectivity index (χ3n) is 6.33. The summed E-state index contributed by atoms with van der Waals surface area (Å²) in [5, 5.41) is 16.8. The number of carboxylic acids is 2. The molecule has 3 N–H and O–H groups in total. The van der Waals surface area contributed by atoms with Gasteiger partial charge in [0.05, 0.1) is 0 Å². The first-order chi connectivity index (χ1) is 15.9. The summed E-state index contributed by atoms with van der Waals surface area (Å²) in [6.07, 6.45) is 10.2. The Labute approximate surface area is 191 Å². The monoisotopic (exact) mass is 449 g/mol. The summed E-state index contributed by atoms with van der Waals surface area (Å²) < 4.78 is 6.19. The van der Waals surface area contributed by atoms with Crippen molar-refractivity contribution >= 4 is 22.8 Å². The van der Waals surface area contributed by atoms with Gasteiger partial charge in [-0.3, -0.25) is 0 Å². The van der Waals surface area contributed by atoms with Crippen molar-refractivity contribution in [2.75, 3.05) is 7.05 Å². The molecule has 2 saturated heterocycles. The van der Waals surface area contributed by atoms with Crippen LogP contribution in [0.2, 0.25) is 0 Å². The Bertz CT molecular complexity index is 1120. The van der Waals surface area contributed by atoms with Gasteiger partial charge in [-0.15, -0.1) is 0 Å². The first kappa shape index (κ1) is 22.5. The zero-order chi connectivity index (χ0) is 23.4. The Morgan fingerprint density at radius 3 is 2.30 bits per heavy atom. The molecule has 4 heterocycles. The number of nitrogens with one attached hydrogen (secondary N) is 1. The van der Waals surface area contributed by atoms with Crippen molar-refractivity contribution < 1.29 is 24.5 Å². The molecule has 33 heavy (non-hydrogen) atoms. The summed E-state index contributed by atoms with van der Waals surface area (Å²) >= 11 is 0. The van der Waals surface area contributed by atoms with Gasteiger partial charge in [0.1, 0.15) is 6.10 Å². The molecule has 2 aliphatic heterocycles. The lowest BCUT2D eigenvalue weighted by atomic mass is 10.0. The lowest BCUT2D eigenvalue weighted by molar-refractivity contribution is -0.134. The van der Waals surface area contributed by atoms with Gasteiger partial charge in [-0.2, -0.15) is 0 Å². The minimum Gasteiger partial charge on any atom is -0.478 e. The average Bonchev–Trinajstić information content (AvgIpc) is 3.33. The molecule has 8 heteroatoms. The van der Waals surface area contributed by atoms with Crippen LogP contribution in [0.25, 0.3) is 22.0 Å². The molecule has 2 bridgehead atoms. The molecule has 172 valence electrons. The normalized spacial score (nSPS) is 22.2. The maximum absolute atomic E-state index is 9.55. The minimum atomic E-state index is -1.26. The van der Waals surface area contributed by atoms with Crippen LogP contribution in [-0.4, -0.2) is 62.3 Å². The summed E-state index contributed by atoms with van der Waals surface area (Å²) in [6, 6.07) is 14.0. The fraction of sp³-hybridized carbons (Fsp3) is 0.320. The second-order valence-electron chi connectivity index (χ2n) is 8.44. The number of aliphatic carboxylic acids is 2. The van der Waals surface area contributed by atoms with Crippen LogP contribution in [0.3, 0.4) is 0 Å². The highest BCUT2D eigenvalue weighted by Gasteiger charge is 2.39. The van der Waals surface area contributed by atoms with E-state index in [9.17, 15) is 9.59 Å². The molecule has 0 radical (unpaired) electrons. The smallest absolute Gasteiger partial charge is 0.328 e. The molecular formula is C25H27N3O5. The van der Waals surface area contributed by atoms with E-state index in [1.165, 1.54) is 23.8 Å². The van der Waals surface area contributed by atoms with Gasteiger partial charge in [-0.05, 0) is 67.9 Å². The molecule has 0 aliphatic carbocycles. The van der Waals surface area contributed by atoms with Gasteiger partial charge in [-0.25, -0.2) is 14.6 Å². The standard InChI is InChI=1S/C21H23N3O.C4H4O4/c1-24-17-4-5-18(24)12-19(11-17)25-21-7-3-16(13-23-21)14-2-6-20-15(10-14)8-9-22-20;5-3(6)1-2-4(7)8/h2-3,6-10,13,17-19,22H,4-5,11-12H2,1H3;1-2H,(H,5,6)(H,7,8)/b;2-1+/t17-,18+,19?;. The molecule has 3 aromatic rings. The number of piperidine rings is 1. The quantitative estimate of drug-likeness (QED) is 0.505. The number of pyridine rings is 1. The van der Waals surface area contributed by atoms with E-state index >= 15 is 0 Å². The third-order valence-corrected chi connectivity index (χ3v) is 6.33. The zero-order valence-electron chi connectivity index (χ0n) is 18.3. The van der Waals surface area contributed by atoms with Crippen molar-refractivity contribution in [1.29, 1.82) is 0 Å². The molecule has 0 spiro atoms. The number of aromatic amines is 1. The number of fused-ring (bicyclic) bond motifs is 3. The second-order valence-corrected chi connectivity index (χ2v) is 8.44. The van der Waals surface area contributed by atoms with E-state index in [0.717, 1.165) is 29.8 Å². The SMILES string of the molecule is CN1[C@@H]2CC[C@H]1CC(Oc1ccc(-c3ccc4[nH]ccc4c3)cn1)C2.O=C(O)/C=C/C(=O)O. The molecular weight excluding hydrogens is 422 g/mol. The minimum absolute atomic E-state index is 0.309. The molecule has 0 amide bonds. The number of rotatable bonds is 5. The predicted molar refractivity (Wildman–Crippen MR) is 124 cm³/mol. The van der Waals surface area contributed by atoms with Gasteiger partial charge < -0.3 is 24.8 Å². The van der Waals surface area contributed by atoms with Crippen LogP contribution in [0.1, 0.15) is 25.7 Å². The summed E-state index contributed by atoms with van der Waals surface area (Å²) in [5.41, 5.74) is 3.47. The van der Waals surface area contributed by atoms with E-state index < -0.39 is 11.9 Å². The number of H-pyrrole nitrogens is 1. The van der Waals surface area contributed by atoms with Gasteiger partial charge in [-0.1, -0.05) is 6.07 Å². The third kappa shape index (κ3) is 5.59. The Morgan fingerprint density at radius 1 is 1.03 bits per heavy atom. The predicted octanol–water partition coefficient (Wildman–Crippen LogP) is 3.95. The van der Waals surface area contributed by atoms with Crippen molar-refractivity contribution in [2.45, 2.75) is 43.9 Å².